The quantitative estimate of drug-likeness (QED) is 0.866. The molecule has 0 saturated carbocycles. The van der Waals surface area contributed by atoms with E-state index in [9.17, 15) is 9.90 Å². The van der Waals surface area contributed by atoms with E-state index in [0.29, 0.717) is 25.1 Å². The van der Waals surface area contributed by atoms with Gasteiger partial charge in [-0.25, -0.2) is 0 Å². The first-order valence-corrected chi connectivity index (χ1v) is 6.93. The molecule has 1 N–H and O–H groups in total. The third kappa shape index (κ3) is 2.59. The Labute approximate surface area is 116 Å². The number of carbonyl (C=O) groups is 1. The van der Waals surface area contributed by atoms with E-state index in [1.807, 2.05) is 43.0 Å². The largest absolute Gasteiger partial charge is 0.392 e. The number of aliphatic hydroxyl groups excluding tert-OH is 1. The van der Waals surface area contributed by atoms with Crippen molar-refractivity contribution in [3.8, 4) is 0 Å². The van der Waals surface area contributed by atoms with Gasteiger partial charge in [-0.1, -0.05) is 26.0 Å². The standard InChI is InChI=1S/C14H18BrNO2/c1-14(2)9-16(8-7-12(14)17)13(18)10-5-3-4-6-11(10)15/h3-6,12,17H,7-9H2,1-2H3. The second-order valence-corrected chi connectivity index (χ2v) is 6.35. The van der Waals surface area contributed by atoms with E-state index >= 15 is 0 Å². The fourth-order valence-electron chi connectivity index (χ4n) is 2.32. The van der Waals surface area contributed by atoms with Gasteiger partial charge in [-0.05, 0) is 34.5 Å². The summed E-state index contributed by atoms with van der Waals surface area (Å²) in [5.74, 6) is 0.0300. The molecule has 1 fully saturated rings. The van der Waals surface area contributed by atoms with E-state index in [-0.39, 0.29) is 17.4 Å². The number of carbonyl (C=O) groups excluding carboxylic acids is 1. The van der Waals surface area contributed by atoms with Gasteiger partial charge in [-0.3, -0.25) is 4.79 Å². The summed E-state index contributed by atoms with van der Waals surface area (Å²) in [5, 5.41) is 9.91. The van der Waals surface area contributed by atoms with Gasteiger partial charge in [0.25, 0.3) is 5.91 Å². The molecule has 4 heteroatoms. The van der Waals surface area contributed by atoms with Crippen molar-refractivity contribution in [2.24, 2.45) is 5.41 Å². The van der Waals surface area contributed by atoms with Crippen LogP contribution in [-0.4, -0.2) is 35.1 Å². The van der Waals surface area contributed by atoms with E-state index in [1.165, 1.54) is 0 Å². The van der Waals surface area contributed by atoms with Crippen LogP contribution in [0.4, 0.5) is 0 Å². The lowest BCUT2D eigenvalue weighted by Crippen LogP contribution is -2.50. The molecule has 1 atom stereocenters. The van der Waals surface area contributed by atoms with E-state index in [2.05, 4.69) is 15.9 Å². The predicted octanol–water partition coefficient (Wildman–Crippen LogP) is 2.68. The van der Waals surface area contributed by atoms with Crippen LogP contribution >= 0.6 is 15.9 Å². The molecule has 1 aliphatic rings. The molecule has 1 aromatic rings. The zero-order chi connectivity index (χ0) is 13.3. The molecule has 0 aliphatic carbocycles. The predicted molar refractivity (Wildman–Crippen MR) is 74.5 cm³/mol. The molecule has 3 nitrogen and oxygen atoms in total. The summed E-state index contributed by atoms with van der Waals surface area (Å²) in [6.45, 7) is 5.20. The number of piperidine rings is 1. The minimum absolute atomic E-state index is 0.0300. The summed E-state index contributed by atoms with van der Waals surface area (Å²) in [4.78, 5) is 14.3. The number of hydrogen-bond acceptors (Lipinski definition) is 2. The molecule has 1 aliphatic heterocycles. The third-order valence-electron chi connectivity index (χ3n) is 3.56. The first kappa shape index (κ1) is 13.6. The fourth-order valence-corrected chi connectivity index (χ4v) is 2.78. The molecule has 1 heterocycles. The summed E-state index contributed by atoms with van der Waals surface area (Å²) in [6, 6.07) is 7.45. The average Bonchev–Trinajstić information content (AvgIpc) is 2.32. The number of nitrogens with zero attached hydrogens (tertiary/aromatic N) is 1. The highest BCUT2D eigenvalue weighted by Gasteiger charge is 2.36. The van der Waals surface area contributed by atoms with Crippen LogP contribution in [0.25, 0.3) is 0 Å². The molecular weight excluding hydrogens is 294 g/mol. The van der Waals surface area contributed by atoms with Crippen molar-refractivity contribution < 1.29 is 9.90 Å². The van der Waals surface area contributed by atoms with Crippen LogP contribution in [0.2, 0.25) is 0 Å². The number of rotatable bonds is 1. The van der Waals surface area contributed by atoms with Crippen molar-refractivity contribution in [1.82, 2.24) is 4.90 Å². The lowest BCUT2D eigenvalue weighted by atomic mass is 9.81. The molecule has 1 amide bonds. The maximum absolute atomic E-state index is 12.4. The smallest absolute Gasteiger partial charge is 0.255 e. The molecule has 98 valence electrons. The zero-order valence-corrected chi connectivity index (χ0v) is 12.3. The SMILES string of the molecule is CC1(C)CN(C(=O)c2ccccc2Br)CCC1O. The van der Waals surface area contributed by atoms with Crippen LogP contribution in [0.3, 0.4) is 0 Å². The Hall–Kier alpha value is -0.870. The van der Waals surface area contributed by atoms with Crippen LogP contribution in [0.15, 0.2) is 28.7 Å². The summed E-state index contributed by atoms with van der Waals surface area (Å²) in [5.41, 5.74) is 0.444. The minimum atomic E-state index is -0.333. The highest BCUT2D eigenvalue weighted by Crippen LogP contribution is 2.30. The fraction of sp³-hybridized carbons (Fsp3) is 0.500. The summed E-state index contributed by atoms with van der Waals surface area (Å²) in [6.07, 6.45) is 0.309. The Morgan fingerprint density at radius 1 is 1.44 bits per heavy atom. The van der Waals surface area contributed by atoms with Gasteiger partial charge >= 0.3 is 0 Å². The molecule has 2 rings (SSSR count). The highest BCUT2D eigenvalue weighted by molar-refractivity contribution is 9.10. The molecule has 0 bridgehead atoms. The summed E-state index contributed by atoms with van der Waals surface area (Å²) >= 11 is 3.41. The molecule has 1 aromatic carbocycles. The first-order valence-electron chi connectivity index (χ1n) is 6.14. The number of benzene rings is 1. The summed E-state index contributed by atoms with van der Waals surface area (Å²) in [7, 11) is 0. The van der Waals surface area contributed by atoms with Crippen LogP contribution in [0, 0.1) is 5.41 Å². The lowest BCUT2D eigenvalue weighted by molar-refractivity contribution is -0.0182. The van der Waals surface area contributed by atoms with Gasteiger partial charge in [0.1, 0.15) is 0 Å². The van der Waals surface area contributed by atoms with Crippen LogP contribution in [0.5, 0.6) is 0 Å². The van der Waals surface area contributed by atoms with Crippen molar-refractivity contribution >= 4 is 21.8 Å². The second-order valence-electron chi connectivity index (χ2n) is 5.50. The Morgan fingerprint density at radius 2 is 2.11 bits per heavy atom. The number of aliphatic hydroxyl groups is 1. The third-order valence-corrected chi connectivity index (χ3v) is 4.26. The monoisotopic (exact) mass is 311 g/mol. The molecule has 0 spiro atoms. The Morgan fingerprint density at radius 3 is 2.72 bits per heavy atom. The zero-order valence-electron chi connectivity index (χ0n) is 10.7. The van der Waals surface area contributed by atoms with Gasteiger partial charge in [-0.2, -0.15) is 0 Å². The van der Waals surface area contributed by atoms with E-state index < -0.39 is 0 Å². The minimum Gasteiger partial charge on any atom is -0.392 e. The Kier molecular flexibility index (Phi) is 3.78. The van der Waals surface area contributed by atoms with Gasteiger partial charge in [-0.15, -0.1) is 0 Å². The molecule has 0 radical (unpaired) electrons. The Bertz CT molecular complexity index is 459. The maximum Gasteiger partial charge on any atom is 0.255 e. The second kappa shape index (κ2) is 5.02. The van der Waals surface area contributed by atoms with Crippen molar-refractivity contribution in [2.75, 3.05) is 13.1 Å². The molecular formula is C14H18BrNO2. The maximum atomic E-state index is 12.4. The van der Waals surface area contributed by atoms with Crippen LogP contribution < -0.4 is 0 Å². The van der Waals surface area contributed by atoms with Crippen molar-refractivity contribution in [2.45, 2.75) is 26.4 Å². The number of likely N-dealkylation sites (tertiary alicyclic amines) is 1. The molecule has 1 saturated heterocycles. The number of halogens is 1. The van der Waals surface area contributed by atoms with Gasteiger partial charge in [0.15, 0.2) is 0 Å². The topological polar surface area (TPSA) is 40.5 Å². The van der Waals surface area contributed by atoms with Crippen LogP contribution in [0.1, 0.15) is 30.6 Å². The van der Waals surface area contributed by atoms with Crippen molar-refractivity contribution in [1.29, 1.82) is 0 Å². The van der Waals surface area contributed by atoms with Gasteiger partial charge < -0.3 is 10.0 Å². The highest BCUT2D eigenvalue weighted by atomic mass is 79.9. The first-order chi connectivity index (χ1) is 8.42. The molecule has 18 heavy (non-hydrogen) atoms. The number of hydrogen-bond donors (Lipinski definition) is 1. The number of amides is 1. The van der Waals surface area contributed by atoms with Gasteiger partial charge in [0, 0.05) is 23.0 Å². The normalized spacial score (nSPS) is 22.9. The van der Waals surface area contributed by atoms with E-state index in [4.69, 9.17) is 0 Å². The van der Waals surface area contributed by atoms with Crippen molar-refractivity contribution in [3.05, 3.63) is 34.3 Å². The molecule has 0 aromatic heterocycles. The Balaban J connectivity index is 2.18. The van der Waals surface area contributed by atoms with Crippen LogP contribution in [-0.2, 0) is 0 Å². The van der Waals surface area contributed by atoms with Crippen molar-refractivity contribution in [3.63, 3.8) is 0 Å². The van der Waals surface area contributed by atoms with E-state index in [1.54, 1.807) is 0 Å². The molecule has 1 unspecified atom stereocenters. The average molecular weight is 312 g/mol. The van der Waals surface area contributed by atoms with Gasteiger partial charge in [0.2, 0.25) is 0 Å². The summed E-state index contributed by atoms with van der Waals surface area (Å²) < 4.78 is 0.818. The lowest BCUT2D eigenvalue weighted by Gasteiger charge is -2.41. The van der Waals surface area contributed by atoms with E-state index in [0.717, 1.165) is 4.47 Å². The van der Waals surface area contributed by atoms with Gasteiger partial charge in [0.05, 0.1) is 11.7 Å².